The summed E-state index contributed by atoms with van der Waals surface area (Å²) in [6, 6.07) is 8.80. The molecule has 0 aliphatic carbocycles. The van der Waals surface area contributed by atoms with Crippen molar-refractivity contribution in [2.45, 2.75) is 39.3 Å². The summed E-state index contributed by atoms with van der Waals surface area (Å²) in [5.74, 6) is 0.783. The van der Waals surface area contributed by atoms with Gasteiger partial charge < -0.3 is 10.6 Å². The molecule has 1 heterocycles. The summed E-state index contributed by atoms with van der Waals surface area (Å²) in [4.78, 5) is 2.36. The minimum Gasteiger partial charge on any atom is -0.368 e. The van der Waals surface area contributed by atoms with E-state index in [0.717, 1.165) is 29.3 Å². The molecule has 1 aliphatic rings. The fourth-order valence-corrected chi connectivity index (χ4v) is 2.82. The maximum Gasteiger partial charge on any atom is 0.101 e. The zero-order chi connectivity index (χ0) is 13.1. The molecule has 18 heavy (non-hydrogen) atoms. The van der Waals surface area contributed by atoms with E-state index in [1.165, 1.54) is 12.8 Å². The van der Waals surface area contributed by atoms with Gasteiger partial charge in [0, 0.05) is 19.1 Å². The van der Waals surface area contributed by atoms with Gasteiger partial charge in [0.1, 0.15) is 6.07 Å². The van der Waals surface area contributed by atoms with E-state index < -0.39 is 0 Å². The Labute approximate surface area is 109 Å². The number of hydrogen-bond donors (Lipinski definition) is 1. The highest BCUT2D eigenvalue weighted by atomic mass is 15.2. The van der Waals surface area contributed by atoms with Crippen molar-refractivity contribution >= 4 is 5.69 Å². The smallest absolute Gasteiger partial charge is 0.101 e. The SMILES string of the molecule is CC1CCN(c2ccc(CN)cc2C#N)C(C)C1. The Balaban J connectivity index is 2.30. The fraction of sp³-hybridized carbons (Fsp3) is 0.533. The van der Waals surface area contributed by atoms with Crippen molar-refractivity contribution in [2.24, 2.45) is 11.7 Å². The Kier molecular flexibility index (Phi) is 3.88. The highest BCUT2D eigenvalue weighted by Crippen LogP contribution is 2.30. The van der Waals surface area contributed by atoms with Crippen LogP contribution in [0.3, 0.4) is 0 Å². The molecule has 1 aromatic carbocycles. The number of piperidine rings is 1. The molecule has 2 atom stereocenters. The van der Waals surface area contributed by atoms with Crippen LogP contribution in [0.2, 0.25) is 0 Å². The molecule has 96 valence electrons. The second-order valence-corrected chi connectivity index (χ2v) is 5.34. The molecular weight excluding hydrogens is 222 g/mol. The minimum atomic E-state index is 0.488. The first-order chi connectivity index (χ1) is 8.65. The molecule has 0 saturated carbocycles. The molecule has 3 heteroatoms. The summed E-state index contributed by atoms with van der Waals surface area (Å²) in [6.45, 7) is 6.07. The van der Waals surface area contributed by atoms with Gasteiger partial charge in [-0.1, -0.05) is 13.0 Å². The number of rotatable bonds is 2. The Morgan fingerprint density at radius 1 is 1.44 bits per heavy atom. The van der Waals surface area contributed by atoms with Crippen molar-refractivity contribution in [3.05, 3.63) is 29.3 Å². The molecule has 0 radical (unpaired) electrons. The number of nitrogens with two attached hydrogens (primary N) is 1. The topological polar surface area (TPSA) is 53.0 Å². The van der Waals surface area contributed by atoms with Crippen LogP contribution in [-0.2, 0) is 6.54 Å². The quantitative estimate of drug-likeness (QED) is 0.868. The predicted molar refractivity (Wildman–Crippen MR) is 74.3 cm³/mol. The van der Waals surface area contributed by atoms with Crippen LogP contribution >= 0.6 is 0 Å². The van der Waals surface area contributed by atoms with Crippen molar-refractivity contribution in [2.75, 3.05) is 11.4 Å². The third-order valence-corrected chi connectivity index (χ3v) is 3.86. The van der Waals surface area contributed by atoms with Crippen molar-refractivity contribution in [3.63, 3.8) is 0 Å². The monoisotopic (exact) mass is 243 g/mol. The first kappa shape index (κ1) is 12.9. The average molecular weight is 243 g/mol. The molecule has 3 nitrogen and oxygen atoms in total. The van der Waals surface area contributed by atoms with Gasteiger partial charge in [-0.05, 0) is 43.4 Å². The normalized spacial score (nSPS) is 23.8. The molecule has 0 aromatic heterocycles. The lowest BCUT2D eigenvalue weighted by molar-refractivity contribution is 0.378. The zero-order valence-electron chi connectivity index (χ0n) is 11.2. The lowest BCUT2D eigenvalue weighted by Gasteiger charge is -2.38. The van der Waals surface area contributed by atoms with Crippen molar-refractivity contribution < 1.29 is 0 Å². The molecule has 1 fully saturated rings. The van der Waals surface area contributed by atoms with E-state index in [9.17, 15) is 5.26 Å². The molecule has 0 spiro atoms. The van der Waals surface area contributed by atoms with Gasteiger partial charge in [-0.25, -0.2) is 0 Å². The van der Waals surface area contributed by atoms with Crippen LogP contribution in [0, 0.1) is 17.2 Å². The van der Waals surface area contributed by atoms with E-state index in [1.807, 2.05) is 18.2 Å². The van der Waals surface area contributed by atoms with Gasteiger partial charge in [-0.15, -0.1) is 0 Å². The first-order valence-electron chi connectivity index (χ1n) is 6.65. The van der Waals surface area contributed by atoms with E-state index in [-0.39, 0.29) is 0 Å². The molecule has 0 bridgehead atoms. The molecule has 0 amide bonds. The van der Waals surface area contributed by atoms with Gasteiger partial charge >= 0.3 is 0 Å². The summed E-state index contributed by atoms with van der Waals surface area (Å²) in [7, 11) is 0. The number of benzene rings is 1. The second kappa shape index (κ2) is 5.41. The maximum atomic E-state index is 9.29. The summed E-state index contributed by atoms with van der Waals surface area (Å²) >= 11 is 0. The summed E-state index contributed by atoms with van der Waals surface area (Å²) in [5, 5.41) is 9.29. The number of nitriles is 1. The Hall–Kier alpha value is -1.53. The maximum absolute atomic E-state index is 9.29. The third kappa shape index (κ3) is 2.49. The summed E-state index contributed by atoms with van der Waals surface area (Å²) in [6.07, 6.45) is 2.40. The van der Waals surface area contributed by atoms with Crippen molar-refractivity contribution in [1.82, 2.24) is 0 Å². The molecule has 1 aliphatic heterocycles. The minimum absolute atomic E-state index is 0.488. The Morgan fingerprint density at radius 3 is 2.83 bits per heavy atom. The van der Waals surface area contributed by atoms with Gasteiger partial charge in [0.2, 0.25) is 0 Å². The largest absolute Gasteiger partial charge is 0.368 e. The van der Waals surface area contributed by atoms with Crippen LogP contribution in [0.5, 0.6) is 0 Å². The lowest BCUT2D eigenvalue weighted by Crippen LogP contribution is -2.40. The van der Waals surface area contributed by atoms with Gasteiger partial charge in [0.15, 0.2) is 0 Å². The second-order valence-electron chi connectivity index (χ2n) is 5.34. The van der Waals surface area contributed by atoms with E-state index in [1.54, 1.807) is 0 Å². The molecule has 2 rings (SSSR count). The van der Waals surface area contributed by atoms with Crippen molar-refractivity contribution in [1.29, 1.82) is 5.26 Å². The standard InChI is InChI=1S/C15H21N3/c1-11-5-6-18(12(2)7-11)15-4-3-13(9-16)8-14(15)10-17/h3-4,8,11-12H,5-7,9,16H2,1-2H3. The predicted octanol–water partition coefficient (Wildman–Crippen LogP) is 2.64. The van der Waals surface area contributed by atoms with Gasteiger partial charge in [0.25, 0.3) is 0 Å². The van der Waals surface area contributed by atoms with Crippen LogP contribution in [-0.4, -0.2) is 12.6 Å². The van der Waals surface area contributed by atoms with Crippen LogP contribution in [0.1, 0.15) is 37.8 Å². The van der Waals surface area contributed by atoms with Crippen LogP contribution < -0.4 is 10.6 Å². The van der Waals surface area contributed by atoms with Gasteiger partial charge in [-0.3, -0.25) is 0 Å². The summed E-state index contributed by atoms with van der Waals surface area (Å²) < 4.78 is 0. The third-order valence-electron chi connectivity index (χ3n) is 3.86. The summed E-state index contributed by atoms with van der Waals surface area (Å²) in [5.41, 5.74) is 8.46. The number of nitrogens with zero attached hydrogens (tertiary/aromatic N) is 2. The molecule has 2 N–H and O–H groups in total. The average Bonchev–Trinajstić information content (AvgIpc) is 2.38. The van der Waals surface area contributed by atoms with E-state index in [2.05, 4.69) is 24.8 Å². The molecule has 1 saturated heterocycles. The Morgan fingerprint density at radius 2 is 2.22 bits per heavy atom. The Bertz CT molecular complexity index is 461. The zero-order valence-corrected chi connectivity index (χ0v) is 11.2. The molecular formula is C15H21N3. The molecule has 1 aromatic rings. The highest BCUT2D eigenvalue weighted by molar-refractivity contribution is 5.61. The van der Waals surface area contributed by atoms with Crippen LogP contribution in [0.25, 0.3) is 0 Å². The lowest BCUT2D eigenvalue weighted by atomic mass is 9.92. The van der Waals surface area contributed by atoms with Gasteiger partial charge in [-0.2, -0.15) is 5.26 Å². The van der Waals surface area contributed by atoms with E-state index in [0.29, 0.717) is 12.6 Å². The number of anilines is 1. The van der Waals surface area contributed by atoms with Gasteiger partial charge in [0.05, 0.1) is 11.3 Å². The van der Waals surface area contributed by atoms with E-state index >= 15 is 0 Å². The first-order valence-corrected chi connectivity index (χ1v) is 6.65. The number of hydrogen-bond acceptors (Lipinski definition) is 3. The van der Waals surface area contributed by atoms with Crippen LogP contribution in [0.15, 0.2) is 18.2 Å². The van der Waals surface area contributed by atoms with Crippen molar-refractivity contribution in [3.8, 4) is 6.07 Å². The fourth-order valence-electron chi connectivity index (χ4n) is 2.82. The highest BCUT2D eigenvalue weighted by Gasteiger charge is 2.24. The molecule has 2 unspecified atom stereocenters. The van der Waals surface area contributed by atoms with Crippen LogP contribution in [0.4, 0.5) is 5.69 Å². The van der Waals surface area contributed by atoms with E-state index in [4.69, 9.17) is 5.73 Å².